The monoisotopic (exact) mass is 552 g/mol. The van der Waals surface area contributed by atoms with Crippen LogP contribution in [0.1, 0.15) is 33.4 Å². The molecular formula is C21H28N8O10. The first-order valence-corrected chi connectivity index (χ1v) is 11.6. The Labute approximate surface area is 220 Å². The Bertz CT molecular complexity index is 1350. The fourth-order valence-corrected chi connectivity index (χ4v) is 3.76. The number of anilines is 1. The Morgan fingerprint density at radius 2 is 1.69 bits per heavy atom. The van der Waals surface area contributed by atoms with Gasteiger partial charge >= 0.3 is 23.9 Å². The van der Waals surface area contributed by atoms with Gasteiger partial charge in [-0.1, -0.05) is 5.21 Å². The van der Waals surface area contributed by atoms with Crippen LogP contribution in [0.25, 0.3) is 11.0 Å². The lowest BCUT2D eigenvalue weighted by atomic mass is 10.1. The van der Waals surface area contributed by atoms with Gasteiger partial charge in [-0.3, -0.25) is 24.0 Å². The maximum Gasteiger partial charge on any atom is 0.340 e. The standard InChI is InChI=1S/C21H28N8O10/c1-9(30)36-8-12-16(37-10(2)31)17(38-11(3)32)20(39-12)29-19(34)15-14(24-26-29)18(25-28(15)21(22)35)23-13(33)6-7-27(4)5/h12,16-17,20H,6-8H2,1-5H3,(H2,22,35)(H,23,25,33). The van der Waals surface area contributed by atoms with Gasteiger partial charge in [0.25, 0.3) is 5.56 Å². The third-order valence-corrected chi connectivity index (χ3v) is 5.35. The van der Waals surface area contributed by atoms with Crippen LogP contribution >= 0.6 is 0 Å². The Morgan fingerprint density at radius 1 is 1.05 bits per heavy atom. The molecule has 1 aliphatic rings. The molecular weight excluding hydrogens is 524 g/mol. The van der Waals surface area contributed by atoms with Gasteiger partial charge in [-0.25, -0.2) is 4.79 Å². The maximum atomic E-state index is 13.5. The number of amides is 2. The minimum absolute atomic E-state index is 0.0731. The number of ether oxygens (including phenoxy) is 4. The van der Waals surface area contributed by atoms with E-state index in [0.717, 1.165) is 20.8 Å². The summed E-state index contributed by atoms with van der Waals surface area (Å²) in [6, 6.07) is -1.17. The quantitative estimate of drug-likeness (QED) is 0.256. The molecule has 18 heteroatoms. The normalized spacial score (nSPS) is 20.6. The molecule has 2 amide bonds. The van der Waals surface area contributed by atoms with Crippen molar-refractivity contribution < 1.29 is 42.9 Å². The fraction of sp³-hybridized carbons (Fsp3) is 0.571. The highest BCUT2D eigenvalue weighted by atomic mass is 16.7. The van der Waals surface area contributed by atoms with Crippen molar-refractivity contribution in [1.82, 2.24) is 29.7 Å². The molecule has 18 nitrogen and oxygen atoms in total. The van der Waals surface area contributed by atoms with Gasteiger partial charge in [-0.05, 0) is 14.1 Å². The SMILES string of the molecule is CC(=O)OCC1OC(n2nnc3c(NC(=O)CCN(C)C)nn(C(N)=O)c3c2=O)C(OC(C)=O)C1OC(C)=O. The van der Waals surface area contributed by atoms with Crippen molar-refractivity contribution in [3.8, 4) is 0 Å². The third-order valence-electron chi connectivity index (χ3n) is 5.35. The summed E-state index contributed by atoms with van der Waals surface area (Å²) >= 11 is 0. The Hall–Kier alpha value is -4.45. The molecule has 3 N–H and O–H groups in total. The number of hydrogen-bond acceptors (Lipinski definition) is 14. The van der Waals surface area contributed by atoms with Gasteiger partial charge in [0.1, 0.15) is 12.7 Å². The summed E-state index contributed by atoms with van der Waals surface area (Å²) in [6.45, 7) is 3.30. The summed E-state index contributed by atoms with van der Waals surface area (Å²) in [5, 5.41) is 14.1. The van der Waals surface area contributed by atoms with E-state index in [1.54, 1.807) is 19.0 Å². The van der Waals surface area contributed by atoms with Crippen LogP contribution in [0.3, 0.4) is 0 Å². The summed E-state index contributed by atoms with van der Waals surface area (Å²) in [5.74, 6) is -2.97. The van der Waals surface area contributed by atoms with Crippen LogP contribution in [0.4, 0.5) is 10.6 Å². The number of rotatable bonds is 9. The molecule has 2 aromatic rings. The Kier molecular flexibility index (Phi) is 8.92. The lowest BCUT2D eigenvalue weighted by molar-refractivity contribution is -0.166. The van der Waals surface area contributed by atoms with Crippen LogP contribution in [-0.4, -0.2) is 105 Å². The second-order valence-corrected chi connectivity index (χ2v) is 8.75. The average molecular weight is 553 g/mol. The molecule has 2 aromatic heterocycles. The first-order chi connectivity index (χ1) is 18.3. The van der Waals surface area contributed by atoms with Gasteiger partial charge in [0, 0.05) is 33.7 Å². The van der Waals surface area contributed by atoms with E-state index in [4.69, 9.17) is 24.7 Å². The molecule has 0 radical (unpaired) electrons. The largest absolute Gasteiger partial charge is 0.463 e. The number of carbonyl (C=O) groups is 5. The van der Waals surface area contributed by atoms with Crippen LogP contribution in [0.15, 0.2) is 4.79 Å². The number of aromatic nitrogens is 5. The predicted octanol–water partition coefficient (Wildman–Crippen LogP) is -1.87. The van der Waals surface area contributed by atoms with Crippen molar-refractivity contribution in [3.05, 3.63) is 10.4 Å². The highest BCUT2D eigenvalue weighted by Crippen LogP contribution is 2.33. The first-order valence-electron chi connectivity index (χ1n) is 11.6. The van der Waals surface area contributed by atoms with Gasteiger partial charge in [0.15, 0.2) is 35.3 Å². The molecule has 0 spiro atoms. The van der Waals surface area contributed by atoms with E-state index in [0.29, 0.717) is 15.9 Å². The molecule has 4 atom stereocenters. The zero-order chi connectivity index (χ0) is 29.0. The molecule has 0 bridgehead atoms. The second-order valence-electron chi connectivity index (χ2n) is 8.75. The number of nitrogens with two attached hydrogens (primary N) is 1. The molecule has 1 aliphatic heterocycles. The number of fused-ring (bicyclic) bond motifs is 1. The number of nitrogens with zero attached hydrogens (tertiary/aromatic N) is 6. The fourth-order valence-electron chi connectivity index (χ4n) is 3.76. The smallest absolute Gasteiger partial charge is 0.340 e. The number of hydrogen-bond donors (Lipinski definition) is 2. The zero-order valence-electron chi connectivity index (χ0n) is 21.8. The maximum absolute atomic E-state index is 13.5. The third kappa shape index (κ3) is 6.71. The summed E-state index contributed by atoms with van der Waals surface area (Å²) in [4.78, 5) is 74.8. The van der Waals surface area contributed by atoms with Crippen LogP contribution in [-0.2, 0) is 38.1 Å². The molecule has 3 rings (SSSR count). The second kappa shape index (κ2) is 11.9. The van der Waals surface area contributed by atoms with Gasteiger partial charge < -0.3 is 34.9 Å². The van der Waals surface area contributed by atoms with E-state index in [-0.39, 0.29) is 17.8 Å². The van der Waals surface area contributed by atoms with Crippen LogP contribution in [0.2, 0.25) is 0 Å². The Balaban J connectivity index is 2.08. The predicted molar refractivity (Wildman–Crippen MR) is 128 cm³/mol. The van der Waals surface area contributed by atoms with Crippen molar-refractivity contribution in [2.24, 2.45) is 5.73 Å². The highest BCUT2D eigenvalue weighted by molar-refractivity contribution is 6.00. The lowest BCUT2D eigenvalue weighted by Crippen LogP contribution is -2.42. The summed E-state index contributed by atoms with van der Waals surface area (Å²) in [7, 11) is 3.55. The van der Waals surface area contributed by atoms with Crippen LogP contribution in [0, 0.1) is 0 Å². The summed E-state index contributed by atoms with van der Waals surface area (Å²) in [6.07, 6.45) is -5.40. The van der Waals surface area contributed by atoms with Crippen molar-refractivity contribution in [3.63, 3.8) is 0 Å². The molecule has 39 heavy (non-hydrogen) atoms. The Morgan fingerprint density at radius 3 is 2.26 bits per heavy atom. The molecule has 3 heterocycles. The van der Waals surface area contributed by atoms with E-state index in [1.165, 1.54) is 0 Å². The van der Waals surface area contributed by atoms with Gasteiger partial charge in [0.2, 0.25) is 5.91 Å². The van der Waals surface area contributed by atoms with Crippen molar-refractivity contribution in [2.75, 3.05) is 32.6 Å². The number of carbonyl (C=O) groups excluding carboxylic acids is 5. The molecule has 0 aliphatic carbocycles. The van der Waals surface area contributed by atoms with Gasteiger partial charge in [0.05, 0.1) is 0 Å². The van der Waals surface area contributed by atoms with E-state index in [9.17, 15) is 28.8 Å². The summed E-state index contributed by atoms with van der Waals surface area (Å²) < 4.78 is 22.5. The first kappa shape index (κ1) is 29.1. The van der Waals surface area contributed by atoms with E-state index in [2.05, 4.69) is 20.7 Å². The lowest BCUT2D eigenvalue weighted by Gasteiger charge is -2.23. The molecule has 1 saturated heterocycles. The zero-order valence-corrected chi connectivity index (χ0v) is 21.8. The number of esters is 3. The van der Waals surface area contributed by atoms with Gasteiger partial charge in [-0.2, -0.15) is 9.36 Å². The van der Waals surface area contributed by atoms with Gasteiger partial charge in [-0.15, -0.1) is 10.2 Å². The minimum atomic E-state index is -1.54. The van der Waals surface area contributed by atoms with E-state index in [1.807, 2.05) is 0 Å². The van der Waals surface area contributed by atoms with Crippen LogP contribution < -0.4 is 16.6 Å². The average Bonchev–Trinajstić information content (AvgIpc) is 3.35. The van der Waals surface area contributed by atoms with Crippen LogP contribution in [0.5, 0.6) is 0 Å². The number of nitrogens with one attached hydrogen (secondary N) is 1. The van der Waals surface area contributed by atoms with E-state index < -0.39 is 72.1 Å². The molecule has 0 aromatic carbocycles. The molecule has 212 valence electrons. The highest BCUT2D eigenvalue weighted by Gasteiger charge is 2.51. The minimum Gasteiger partial charge on any atom is -0.463 e. The topological polar surface area (TPSA) is 229 Å². The van der Waals surface area contributed by atoms with E-state index >= 15 is 0 Å². The van der Waals surface area contributed by atoms with Crippen molar-refractivity contribution >= 4 is 46.7 Å². The molecule has 4 unspecified atom stereocenters. The number of primary amides is 1. The van der Waals surface area contributed by atoms with Crippen molar-refractivity contribution in [1.29, 1.82) is 0 Å². The molecule has 1 fully saturated rings. The summed E-state index contributed by atoms with van der Waals surface area (Å²) in [5.41, 5.74) is 3.67. The van der Waals surface area contributed by atoms with Crippen molar-refractivity contribution in [2.45, 2.75) is 51.7 Å². The molecule has 0 saturated carbocycles.